The fourth-order valence-electron chi connectivity index (χ4n) is 3.71. The number of rotatable bonds is 7. The van der Waals surface area contributed by atoms with Gasteiger partial charge in [-0.3, -0.25) is 14.5 Å². The summed E-state index contributed by atoms with van der Waals surface area (Å²) in [5.41, 5.74) is 5.51. The van der Waals surface area contributed by atoms with E-state index in [-0.39, 0.29) is 24.3 Å². The van der Waals surface area contributed by atoms with Gasteiger partial charge in [0.1, 0.15) is 12.4 Å². The molecule has 32 heavy (non-hydrogen) atoms. The molecule has 0 saturated carbocycles. The summed E-state index contributed by atoms with van der Waals surface area (Å²) in [7, 11) is 0. The summed E-state index contributed by atoms with van der Waals surface area (Å²) >= 11 is 0.986. The number of thioether (sulfide) groups is 1. The third-order valence-electron chi connectivity index (χ3n) is 5.56. The number of aromatic nitrogens is 1. The Morgan fingerprint density at radius 2 is 1.69 bits per heavy atom. The van der Waals surface area contributed by atoms with E-state index in [2.05, 4.69) is 29.7 Å². The smallest absolute Gasteiger partial charge is 0.293 e. The SMILES string of the molecule is Cc1ccc(OCCN2C(=O)S/C(=C\c3cc(C)n(Cc4ccccc4)c3C)C2=O)cc1. The van der Waals surface area contributed by atoms with Gasteiger partial charge in [-0.15, -0.1) is 0 Å². The number of hydrogen-bond acceptors (Lipinski definition) is 4. The van der Waals surface area contributed by atoms with Crippen LogP contribution in [0.5, 0.6) is 5.75 Å². The monoisotopic (exact) mass is 446 g/mol. The average molecular weight is 447 g/mol. The van der Waals surface area contributed by atoms with Gasteiger partial charge in [-0.05, 0) is 67.9 Å². The lowest BCUT2D eigenvalue weighted by molar-refractivity contribution is -0.123. The van der Waals surface area contributed by atoms with Gasteiger partial charge in [0.05, 0.1) is 11.4 Å². The van der Waals surface area contributed by atoms with Gasteiger partial charge < -0.3 is 9.30 Å². The minimum Gasteiger partial charge on any atom is -0.492 e. The van der Waals surface area contributed by atoms with Crippen LogP contribution >= 0.6 is 11.8 Å². The molecule has 2 heterocycles. The Bertz CT molecular complexity index is 1160. The van der Waals surface area contributed by atoms with Gasteiger partial charge >= 0.3 is 0 Å². The van der Waals surface area contributed by atoms with E-state index in [4.69, 9.17) is 4.74 Å². The Hall–Kier alpha value is -3.25. The van der Waals surface area contributed by atoms with Crippen molar-refractivity contribution in [3.05, 3.63) is 93.6 Å². The van der Waals surface area contributed by atoms with E-state index >= 15 is 0 Å². The average Bonchev–Trinajstić information content (AvgIpc) is 3.20. The molecule has 6 heteroatoms. The Morgan fingerprint density at radius 3 is 2.41 bits per heavy atom. The molecule has 2 amide bonds. The van der Waals surface area contributed by atoms with Crippen molar-refractivity contribution in [2.24, 2.45) is 0 Å². The summed E-state index contributed by atoms with van der Waals surface area (Å²) in [6.07, 6.45) is 1.83. The fourth-order valence-corrected chi connectivity index (χ4v) is 4.56. The quantitative estimate of drug-likeness (QED) is 0.445. The van der Waals surface area contributed by atoms with Crippen LogP contribution in [0.4, 0.5) is 4.79 Å². The normalized spacial score (nSPS) is 15.1. The van der Waals surface area contributed by atoms with Crippen LogP contribution in [-0.2, 0) is 11.3 Å². The summed E-state index contributed by atoms with van der Waals surface area (Å²) < 4.78 is 7.91. The summed E-state index contributed by atoms with van der Waals surface area (Å²) in [5.74, 6) is 0.462. The van der Waals surface area contributed by atoms with Crippen molar-refractivity contribution in [1.82, 2.24) is 9.47 Å². The maximum atomic E-state index is 12.9. The Morgan fingerprint density at radius 1 is 0.969 bits per heavy atom. The number of carbonyl (C=O) groups is 2. The van der Waals surface area contributed by atoms with E-state index in [1.54, 1.807) is 0 Å². The van der Waals surface area contributed by atoms with Crippen LogP contribution in [0, 0.1) is 20.8 Å². The molecule has 3 aromatic rings. The van der Waals surface area contributed by atoms with Crippen molar-refractivity contribution in [3.63, 3.8) is 0 Å². The van der Waals surface area contributed by atoms with Gasteiger partial charge in [0, 0.05) is 17.9 Å². The lowest BCUT2D eigenvalue weighted by atomic mass is 10.2. The second kappa shape index (κ2) is 9.49. The van der Waals surface area contributed by atoms with E-state index in [1.165, 1.54) is 10.5 Å². The first-order chi connectivity index (χ1) is 15.4. The Kier molecular flexibility index (Phi) is 6.51. The zero-order chi connectivity index (χ0) is 22.7. The fraction of sp³-hybridized carbons (Fsp3) is 0.231. The molecule has 0 spiro atoms. The molecular formula is C26H26N2O3S. The molecule has 1 aliphatic rings. The third-order valence-corrected chi connectivity index (χ3v) is 6.47. The Labute approximate surface area is 192 Å². The summed E-state index contributed by atoms with van der Waals surface area (Å²) in [5, 5.41) is -0.258. The minimum absolute atomic E-state index is 0.225. The summed E-state index contributed by atoms with van der Waals surface area (Å²) in [6.45, 7) is 7.37. The predicted molar refractivity (Wildman–Crippen MR) is 129 cm³/mol. The van der Waals surface area contributed by atoms with E-state index < -0.39 is 0 Å². The van der Waals surface area contributed by atoms with Crippen LogP contribution in [0.15, 0.2) is 65.6 Å². The molecular weight excluding hydrogens is 420 g/mol. The standard InChI is InChI=1S/C26H26N2O3S/c1-18-9-11-23(12-10-18)31-14-13-27-25(29)24(32-26(27)30)16-22-15-19(2)28(20(22)3)17-21-7-5-4-6-8-21/h4-12,15-16H,13-14,17H2,1-3H3/b24-16-. The topological polar surface area (TPSA) is 51.5 Å². The number of imide groups is 1. The van der Waals surface area contributed by atoms with E-state index in [0.717, 1.165) is 46.6 Å². The number of ether oxygens (including phenoxy) is 1. The Balaban J connectivity index is 1.44. The van der Waals surface area contributed by atoms with Crippen molar-refractivity contribution in [2.45, 2.75) is 27.3 Å². The molecule has 1 saturated heterocycles. The van der Waals surface area contributed by atoms with E-state index in [1.807, 2.05) is 62.4 Å². The third kappa shape index (κ3) is 4.81. The molecule has 0 bridgehead atoms. The number of hydrogen-bond donors (Lipinski definition) is 0. The van der Waals surface area contributed by atoms with Crippen LogP contribution in [0.2, 0.25) is 0 Å². The van der Waals surface area contributed by atoms with Crippen LogP contribution in [0.25, 0.3) is 6.08 Å². The van der Waals surface area contributed by atoms with E-state index in [0.29, 0.717) is 4.91 Å². The molecule has 4 rings (SSSR count). The van der Waals surface area contributed by atoms with Crippen molar-refractivity contribution in [1.29, 1.82) is 0 Å². The molecule has 1 fully saturated rings. The van der Waals surface area contributed by atoms with Crippen molar-refractivity contribution < 1.29 is 14.3 Å². The first-order valence-electron chi connectivity index (χ1n) is 10.6. The largest absolute Gasteiger partial charge is 0.492 e. The van der Waals surface area contributed by atoms with Gasteiger partial charge in [-0.25, -0.2) is 0 Å². The van der Waals surface area contributed by atoms with Gasteiger partial charge in [0.15, 0.2) is 0 Å². The molecule has 2 aromatic carbocycles. The molecule has 0 atom stereocenters. The first kappa shape index (κ1) is 22.0. The minimum atomic E-state index is -0.264. The maximum Gasteiger partial charge on any atom is 0.293 e. The number of amides is 2. The number of benzene rings is 2. The highest BCUT2D eigenvalue weighted by atomic mass is 32.2. The molecule has 0 aliphatic carbocycles. The lowest BCUT2D eigenvalue weighted by Crippen LogP contribution is -2.32. The zero-order valence-corrected chi connectivity index (χ0v) is 19.3. The van der Waals surface area contributed by atoms with Crippen LogP contribution in [-0.4, -0.2) is 33.8 Å². The number of carbonyl (C=O) groups excluding carboxylic acids is 2. The molecule has 0 radical (unpaired) electrons. The highest BCUT2D eigenvalue weighted by Crippen LogP contribution is 2.33. The van der Waals surface area contributed by atoms with Gasteiger partial charge in [-0.1, -0.05) is 48.0 Å². The van der Waals surface area contributed by atoms with Gasteiger partial charge in [0.2, 0.25) is 0 Å². The number of aryl methyl sites for hydroxylation is 2. The van der Waals surface area contributed by atoms with Crippen LogP contribution in [0.1, 0.15) is 28.1 Å². The highest BCUT2D eigenvalue weighted by Gasteiger charge is 2.35. The maximum absolute atomic E-state index is 12.9. The lowest BCUT2D eigenvalue weighted by Gasteiger charge is -2.13. The zero-order valence-electron chi connectivity index (χ0n) is 18.5. The molecule has 0 unspecified atom stereocenters. The molecule has 1 aliphatic heterocycles. The molecule has 5 nitrogen and oxygen atoms in total. The van der Waals surface area contributed by atoms with Crippen LogP contribution < -0.4 is 4.74 Å². The second-order valence-electron chi connectivity index (χ2n) is 7.89. The number of nitrogens with zero attached hydrogens (tertiary/aromatic N) is 2. The summed E-state index contributed by atoms with van der Waals surface area (Å²) in [6, 6.07) is 20.0. The van der Waals surface area contributed by atoms with Crippen molar-refractivity contribution >= 4 is 29.0 Å². The summed E-state index contributed by atoms with van der Waals surface area (Å²) in [4.78, 5) is 27.0. The van der Waals surface area contributed by atoms with Gasteiger partial charge in [0.25, 0.3) is 11.1 Å². The molecule has 0 N–H and O–H groups in total. The van der Waals surface area contributed by atoms with E-state index in [9.17, 15) is 9.59 Å². The highest BCUT2D eigenvalue weighted by molar-refractivity contribution is 8.18. The van der Waals surface area contributed by atoms with Crippen molar-refractivity contribution in [3.8, 4) is 5.75 Å². The van der Waals surface area contributed by atoms with Gasteiger partial charge in [-0.2, -0.15) is 0 Å². The molecule has 1 aromatic heterocycles. The molecule has 164 valence electrons. The first-order valence-corrected chi connectivity index (χ1v) is 11.4. The second-order valence-corrected chi connectivity index (χ2v) is 8.89. The van der Waals surface area contributed by atoms with Crippen LogP contribution in [0.3, 0.4) is 0 Å². The van der Waals surface area contributed by atoms with Crippen molar-refractivity contribution in [2.75, 3.05) is 13.2 Å². The predicted octanol–water partition coefficient (Wildman–Crippen LogP) is 5.58.